The molecule has 1 amide bonds. The molecule has 144 valence electrons. The first-order valence-corrected chi connectivity index (χ1v) is 10.8. The Balaban J connectivity index is 1.73. The number of hydrogen-bond acceptors (Lipinski definition) is 6. The third kappa shape index (κ3) is 3.14. The van der Waals surface area contributed by atoms with Gasteiger partial charge in [0.2, 0.25) is 0 Å². The number of benzene rings is 1. The highest BCUT2D eigenvalue weighted by Crippen LogP contribution is 2.22. The summed E-state index contributed by atoms with van der Waals surface area (Å²) in [5, 5.41) is 3.62. The average molecular weight is 390 g/mol. The van der Waals surface area contributed by atoms with Crippen molar-refractivity contribution in [2.75, 3.05) is 25.6 Å². The molecule has 8 nitrogen and oxygen atoms in total. The van der Waals surface area contributed by atoms with Crippen LogP contribution in [-0.2, 0) is 22.8 Å². The number of rotatable bonds is 3. The van der Waals surface area contributed by atoms with E-state index in [0.29, 0.717) is 29.4 Å². The highest BCUT2D eigenvalue weighted by molar-refractivity contribution is 7.91. The Bertz CT molecular complexity index is 1090. The molecule has 2 aliphatic rings. The minimum atomic E-state index is -3.11. The Hall–Kier alpha value is -2.26. The molecule has 1 aromatic heterocycles. The minimum Gasteiger partial charge on any atom is -0.296 e. The van der Waals surface area contributed by atoms with Crippen LogP contribution < -0.4 is 5.56 Å². The van der Waals surface area contributed by atoms with E-state index in [9.17, 15) is 18.0 Å². The molecule has 1 atom stereocenters. The maximum absolute atomic E-state index is 13.1. The van der Waals surface area contributed by atoms with Gasteiger partial charge < -0.3 is 0 Å². The Kier molecular flexibility index (Phi) is 4.31. The number of hydrazine groups is 1. The first kappa shape index (κ1) is 18.1. The van der Waals surface area contributed by atoms with E-state index in [0.717, 1.165) is 18.7 Å². The lowest BCUT2D eigenvalue weighted by Gasteiger charge is -2.33. The molecule has 9 heteroatoms. The van der Waals surface area contributed by atoms with Crippen LogP contribution in [0, 0.1) is 0 Å². The van der Waals surface area contributed by atoms with E-state index in [1.807, 2.05) is 0 Å². The lowest BCUT2D eigenvalue weighted by Crippen LogP contribution is -2.49. The molecule has 0 saturated carbocycles. The lowest BCUT2D eigenvalue weighted by molar-refractivity contribution is 0.00102. The Morgan fingerprint density at radius 3 is 2.74 bits per heavy atom. The van der Waals surface area contributed by atoms with Crippen LogP contribution in [0.3, 0.4) is 0 Å². The molecule has 27 heavy (non-hydrogen) atoms. The van der Waals surface area contributed by atoms with E-state index >= 15 is 0 Å². The van der Waals surface area contributed by atoms with Gasteiger partial charge in [-0.15, -0.1) is 0 Å². The zero-order chi connectivity index (χ0) is 19.3. The molecule has 0 bridgehead atoms. The molecule has 3 heterocycles. The molecule has 0 unspecified atom stereocenters. The number of amides is 1. The quantitative estimate of drug-likeness (QED) is 0.707. The first-order valence-electron chi connectivity index (χ1n) is 9.01. The predicted molar refractivity (Wildman–Crippen MR) is 101 cm³/mol. The van der Waals surface area contributed by atoms with Gasteiger partial charge in [-0.25, -0.2) is 18.4 Å². The van der Waals surface area contributed by atoms with Crippen molar-refractivity contribution < 1.29 is 13.2 Å². The van der Waals surface area contributed by atoms with Crippen molar-refractivity contribution in [1.29, 1.82) is 0 Å². The number of nitrogens with zero attached hydrogens (tertiary/aromatic N) is 4. The molecule has 1 saturated heterocycles. The van der Waals surface area contributed by atoms with Crippen molar-refractivity contribution >= 4 is 26.6 Å². The van der Waals surface area contributed by atoms with E-state index in [1.165, 1.54) is 5.01 Å². The largest absolute Gasteiger partial charge is 0.296 e. The molecule has 2 aromatic rings. The Labute approximate surface area is 157 Å². The van der Waals surface area contributed by atoms with Gasteiger partial charge in [-0.1, -0.05) is 0 Å². The number of hydrogen-bond donors (Lipinski definition) is 0. The zero-order valence-electron chi connectivity index (χ0n) is 15.4. The number of aromatic nitrogens is 2. The molecule has 2 aliphatic heterocycles. The molecule has 4 rings (SSSR count). The van der Waals surface area contributed by atoms with Crippen LogP contribution in [0.25, 0.3) is 10.9 Å². The van der Waals surface area contributed by atoms with Crippen LogP contribution in [0.15, 0.2) is 23.0 Å². The number of carbonyl (C=O) groups is 1. The van der Waals surface area contributed by atoms with Gasteiger partial charge in [0, 0.05) is 32.6 Å². The van der Waals surface area contributed by atoms with Gasteiger partial charge in [-0.3, -0.25) is 19.2 Å². The van der Waals surface area contributed by atoms with Crippen molar-refractivity contribution in [3.63, 3.8) is 0 Å². The maximum atomic E-state index is 13.1. The molecule has 0 radical (unpaired) electrons. The summed E-state index contributed by atoms with van der Waals surface area (Å²) < 4.78 is 25.4. The second-order valence-corrected chi connectivity index (χ2v) is 9.60. The average Bonchev–Trinajstić information content (AvgIpc) is 3.20. The van der Waals surface area contributed by atoms with E-state index in [2.05, 4.69) is 4.98 Å². The van der Waals surface area contributed by atoms with Crippen LogP contribution >= 0.6 is 0 Å². The third-order valence-corrected chi connectivity index (χ3v) is 7.01. The summed E-state index contributed by atoms with van der Waals surface area (Å²) in [5.41, 5.74) is 0.838. The number of sulfone groups is 1. The Morgan fingerprint density at radius 2 is 2.07 bits per heavy atom. The second kappa shape index (κ2) is 6.42. The fourth-order valence-electron chi connectivity index (χ4n) is 3.99. The minimum absolute atomic E-state index is 0.0302. The van der Waals surface area contributed by atoms with Crippen LogP contribution in [0.4, 0.5) is 0 Å². The summed E-state index contributed by atoms with van der Waals surface area (Å²) in [6.07, 6.45) is 2.08. The third-order valence-electron chi connectivity index (χ3n) is 5.26. The standard InChI is InChI=1S/C18H22N4O4S/c1-20(2)22(13-7-9-27(25,26)11-13)17(23)12-5-6-14-15(10-12)19-16-4-3-8-21(16)18(14)24/h5-6,10,13H,3-4,7-9,11H2,1-2H3/t13-/m1/s1. The van der Waals surface area contributed by atoms with Crippen molar-refractivity contribution in [1.82, 2.24) is 19.6 Å². The van der Waals surface area contributed by atoms with Gasteiger partial charge in [0.25, 0.3) is 11.5 Å². The van der Waals surface area contributed by atoms with E-state index < -0.39 is 9.84 Å². The van der Waals surface area contributed by atoms with Gasteiger partial charge >= 0.3 is 0 Å². The highest BCUT2D eigenvalue weighted by atomic mass is 32.2. The number of carbonyl (C=O) groups excluding carboxylic acids is 1. The number of aryl methyl sites for hydroxylation is 1. The summed E-state index contributed by atoms with van der Waals surface area (Å²) in [6, 6.07) is 4.52. The lowest BCUT2D eigenvalue weighted by atomic mass is 10.1. The monoisotopic (exact) mass is 390 g/mol. The van der Waals surface area contributed by atoms with Crippen LogP contribution in [0.1, 0.15) is 29.0 Å². The Morgan fingerprint density at radius 1 is 1.30 bits per heavy atom. The van der Waals surface area contributed by atoms with E-state index in [-0.39, 0.29) is 29.0 Å². The number of fused-ring (bicyclic) bond motifs is 2. The van der Waals surface area contributed by atoms with Gasteiger partial charge in [-0.05, 0) is 31.0 Å². The topological polar surface area (TPSA) is 92.6 Å². The second-order valence-electron chi connectivity index (χ2n) is 7.37. The molecule has 1 fully saturated rings. The van der Waals surface area contributed by atoms with E-state index in [4.69, 9.17) is 0 Å². The summed E-state index contributed by atoms with van der Waals surface area (Å²) in [6.45, 7) is 0.683. The van der Waals surface area contributed by atoms with Gasteiger partial charge in [0.15, 0.2) is 9.84 Å². The van der Waals surface area contributed by atoms with E-state index in [1.54, 1.807) is 41.9 Å². The molecule has 0 aliphatic carbocycles. The van der Waals surface area contributed by atoms with Crippen molar-refractivity contribution in [2.24, 2.45) is 0 Å². The summed E-state index contributed by atoms with van der Waals surface area (Å²) in [5.74, 6) is 0.532. The van der Waals surface area contributed by atoms with Gasteiger partial charge in [0.1, 0.15) is 5.82 Å². The SMILES string of the molecule is CN(C)N(C(=O)c1ccc2c(=O)n3c(nc2c1)CCC3)[C@@H]1CCS(=O)(=O)C1. The predicted octanol–water partition coefficient (Wildman–Crippen LogP) is 0.449. The summed E-state index contributed by atoms with van der Waals surface area (Å²) in [7, 11) is 0.333. The van der Waals surface area contributed by atoms with Crippen molar-refractivity contribution in [3.8, 4) is 0 Å². The molecular formula is C18H22N4O4S. The van der Waals surface area contributed by atoms with Gasteiger partial charge in [0.05, 0.1) is 28.5 Å². The van der Waals surface area contributed by atoms with Crippen molar-refractivity contribution in [3.05, 3.63) is 39.9 Å². The summed E-state index contributed by atoms with van der Waals surface area (Å²) >= 11 is 0. The van der Waals surface area contributed by atoms with Crippen LogP contribution in [0.5, 0.6) is 0 Å². The fraction of sp³-hybridized carbons (Fsp3) is 0.500. The highest BCUT2D eigenvalue weighted by Gasteiger charge is 2.36. The maximum Gasteiger partial charge on any atom is 0.268 e. The van der Waals surface area contributed by atoms with Gasteiger partial charge in [-0.2, -0.15) is 0 Å². The summed E-state index contributed by atoms with van der Waals surface area (Å²) in [4.78, 5) is 30.3. The smallest absolute Gasteiger partial charge is 0.268 e. The normalized spacial score (nSPS) is 20.9. The molecule has 1 aromatic carbocycles. The van der Waals surface area contributed by atoms with Crippen LogP contribution in [-0.4, -0.2) is 65.5 Å². The van der Waals surface area contributed by atoms with Crippen LogP contribution in [0.2, 0.25) is 0 Å². The zero-order valence-corrected chi connectivity index (χ0v) is 16.2. The fourth-order valence-corrected chi connectivity index (χ4v) is 5.68. The molecular weight excluding hydrogens is 368 g/mol. The van der Waals surface area contributed by atoms with Crippen molar-refractivity contribution in [2.45, 2.75) is 31.8 Å². The molecule has 0 N–H and O–H groups in total. The first-order chi connectivity index (χ1) is 12.8. The molecule has 0 spiro atoms.